The van der Waals surface area contributed by atoms with Crippen molar-refractivity contribution >= 4 is 193 Å². The van der Waals surface area contributed by atoms with Crippen molar-refractivity contribution in [3.05, 3.63) is 182 Å². The van der Waals surface area contributed by atoms with Crippen molar-refractivity contribution in [2.45, 2.75) is 41.5 Å². The minimum atomic E-state index is 0.0704. The SMILES string of the molecule is Cc1cc2sc(-c3cc4c(=O)c5cc6c(cc5c4s3)c(=O)c3cc(-c4cc5sc(C)cc5s4)sc36)cc2s1.Cc1ccc(-c2cc3c(=O)c4c(C)c5c(c(C)c4c3s2)c(=O)c2cc(-c3ccc(C)cc3)sc25)cc1. The van der Waals surface area contributed by atoms with Gasteiger partial charge in [0.25, 0.3) is 0 Å². The Labute approximate surface area is 452 Å². The maximum Gasteiger partial charge on any atom is 0.195 e. The molecule has 12 heteroatoms. The minimum absolute atomic E-state index is 0.0704. The Bertz CT molecular complexity index is 4890. The van der Waals surface area contributed by atoms with Gasteiger partial charge in [-0.25, -0.2) is 0 Å². The number of hydrogen-bond acceptors (Lipinski definition) is 12. The van der Waals surface area contributed by atoms with Gasteiger partial charge in [0.05, 0.1) is 0 Å². The highest BCUT2D eigenvalue weighted by molar-refractivity contribution is 7.33. The number of fused-ring (bicyclic) bond motifs is 14. The summed E-state index contributed by atoms with van der Waals surface area (Å²) in [5.74, 6) is 0. The summed E-state index contributed by atoms with van der Waals surface area (Å²) >= 11 is 13.8. The fraction of sp³-hybridized carbons (Fsp3) is 0.0968. The Morgan fingerprint density at radius 1 is 0.270 bits per heavy atom. The van der Waals surface area contributed by atoms with Gasteiger partial charge in [-0.15, -0.1) is 90.7 Å². The van der Waals surface area contributed by atoms with Gasteiger partial charge in [-0.05, 0) is 124 Å². The van der Waals surface area contributed by atoms with E-state index in [1.807, 2.05) is 60.8 Å². The summed E-state index contributed by atoms with van der Waals surface area (Å²) in [6, 6.07) is 37.9. The summed E-state index contributed by atoms with van der Waals surface area (Å²) in [4.78, 5) is 64.1. The molecule has 0 unspecified atom stereocenters. The summed E-state index contributed by atoms with van der Waals surface area (Å²) < 4.78 is 9.18. The van der Waals surface area contributed by atoms with Crippen LogP contribution in [0.25, 0.3) is 143 Å². The average Bonchev–Trinajstić information content (AvgIpc) is 4.23. The van der Waals surface area contributed by atoms with Gasteiger partial charge in [-0.1, -0.05) is 59.7 Å². The summed E-state index contributed by atoms with van der Waals surface area (Å²) in [6.07, 6.45) is 0. The van der Waals surface area contributed by atoms with E-state index >= 15 is 0 Å². The number of thiophene rings is 8. The second kappa shape index (κ2) is 16.1. The lowest BCUT2D eigenvalue weighted by Gasteiger charge is -2.05. The lowest BCUT2D eigenvalue weighted by Crippen LogP contribution is -2.00. The van der Waals surface area contributed by atoms with Gasteiger partial charge in [0, 0.05) is 141 Å². The largest absolute Gasteiger partial charge is 0.289 e. The standard InChI is InChI=1S/C32H22O2S2.C30H14O2S6/c1-15-5-9-19(10-6-15)23-13-21-29(33)25-18(4)28-26(17(3)27(25)31(21)35-23)30(34)22-14-24(36-32(22)28)20-11-7-16(2)8-12-20;1-11-3-19-23(33-11)9-25(35-19)21-7-17-27(31)13-6-16-14(5-15(13)29(17)37-21)28(32)18-8-22(38-30(16)18)26-10-24-20(36-26)4-12(2)34-24/h5-14H,1-4H3;3-10H,1-2H3. The summed E-state index contributed by atoms with van der Waals surface area (Å²) in [5.41, 5.74) is 6.82. The molecule has 4 nitrogen and oxygen atoms in total. The van der Waals surface area contributed by atoms with Crippen LogP contribution < -0.4 is 21.7 Å². The quantitative estimate of drug-likeness (QED) is 0.176. The zero-order chi connectivity index (χ0) is 50.3. The lowest BCUT2D eigenvalue weighted by molar-refractivity contribution is 1.48. The smallest absolute Gasteiger partial charge is 0.195 e. The fourth-order valence-corrected chi connectivity index (χ4v) is 20.9. The molecule has 0 N–H and O–H groups in total. The van der Waals surface area contributed by atoms with Gasteiger partial charge >= 0.3 is 0 Å². The molecule has 0 aliphatic rings. The van der Waals surface area contributed by atoms with Gasteiger partial charge in [0.1, 0.15) is 0 Å². The summed E-state index contributed by atoms with van der Waals surface area (Å²) in [5, 5.41) is 9.79. The van der Waals surface area contributed by atoms with Gasteiger partial charge < -0.3 is 0 Å². The number of aryl methyl sites for hydroxylation is 6. The number of hydrogen-bond donors (Lipinski definition) is 0. The van der Waals surface area contributed by atoms with Crippen LogP contribution in [-0.2, 0) is 0 Å². The van der Waals surface area contributed by atoms with Crippen molar-refractivity contribution in [1.29, 1.82) is 0 Å². The molecule has 0 radical (unpaired) electrons. The molecule has 74 heavy (non-hydrogen) atoms. The van der Waals surface area contributed by atoms with Crippen molar-refractivity contribution in [2.75, 3.05) is 0 Å². The van der Waals surface area contributed by atoms with Crippen LogP contribution in [-0.4, -0.2) is 0 Å². The molecule has 0 bridgehead atoms. The molecule has 0 aliphatic heterocycles. The highest BCUT2D eigenvalue weighted by atomic mass is 32.1. The summed E-state index contributed by atoms with van der Waals surface area (Å²) in [6.45, 7) is 12.4. The van der Waals surface area contributed by atoms with Gasteiger partial charge in [0.2, 0.25) is 0 Å². The predicted octanol–water partition coefficient (Wildman–Crippen LogP) is 19.1. The Kier molecular flexibility index (Phi) is 9.81. The topological polar surface area (TPSA) is 68.3 Å². The zero-order valence-corrected chi connectivity index (χ0v) is 46.8. The van der Waals surface area contributed by atoms with E-state index in [4.69, 9.17) is 0 Å². The maximum absolute atomic E-state index is 13.7. The van der Waals surface area contributed by atoms with Gasteiger partial charge in [-0.2, -0.15) is 0 Å². The summed E-state index contributed by atoms with van der Waals surface area (Å²) in [7, 11) is 0. The van der Waals surface area contributed by atoms with Crippen LogP contribution >= 0.6 is 90.7 Å². The molecule has 0 atom stereocenters. The zero-order valence-electron chi connectivity index (χ0n) is 40.3. The Morgan fingerprint density at radius 3 is 1.00 bits per heavy atom. The molecule has 0 saturated carbocycles. The monoisotopic (exact) mass is 1100 g/mol. The molecule has 0 aliphatic carbocycles. The molecule has 0 spiro atoms. The Balaban J connectivity index is 0.000000131. The molecule has 16 rings (SSSR count). The highest BCUT2D eigenvalue weighted by Crippen LogP contribution is 2.49. The van der Waals surface area contributed by atoms with Gasteiger partial charge in [0.15, 0.2) is 21.7 Å². The second-order valence-electron chi connectivity index (χ2n) is 19.5. The first-order valence-electron chi connectivity index (χ1n) is 24.0. The van der Waals surface area contributed by atoms with Crippen LogP contribution in [0.4, 0.5) is 0 Å². The molecule has 0 fully saturated rings. The second-order valence-corrected chi connectivity index (χ2v) is 28.5. The normalized spacial score (nSPS) is 12.4. The molecule has 16 aromatic rings. The van der Waals surface area contributed by atoms with Gasteiger partial charge in [-0.3, -0.25) is 19.2 Å². The Morgan fingerprint density at radius 2 is 0.608 bits per heavy atom. The van der Waals surface area contributed by atoms with Crippen LogP contribution in [0.15, 0.2) is 128 Å². The van der Waals surface area contributed by atoms with E-state index in [9.17, 15) is 19.2 Å². The van der Waals surface area contributed by atoms with E-state index in [2.05, 4.69) is 113 Å². The van der Waals surface area contributed by atoms with E-state index in [-0.39, 0.29) is 21.7 Å². The molecule has 0 amide bonds. The molecule has 8 aromatic carbocycles. The first kappa shape index (κ1) is 45.1. The van der Waals surface area contributed by atoms with E-state index < -0.39 is 0 Å². The van der Waals surface area contributed by atoms with Crippen LogP contribution in [0.1, 0.15) is 32.0 Å². The van der Waals surface area contributed by atoms with Crippen LogP contribution in [0.2, 0.25) is 0 Å². The van der Waals surface area contributed by atoms with Crippen molar-refractivity contribution in [1.82, 2.24) is 0 Å². The highest BCUT2D eigenvalue weighted by Gasteiger charge is 2.27. The average molecular weight is 1100 g/mol. The first-order valence-corrected chi connectivity index (χ1v) is 30.5. The molecular formula is C62H36O4S8. The third-order valence-electron chi connectivity index (χ3n) is 14.8. The van der Waals surface area contributed by atoms with Crippen molar-refractivity contribution < 1.29 is 0 Å². The number of benzene rings is 4. The van der Waals surface area contributed by atoms with Crippen molar-refractivity contribution in [3.63, 3.8) is 0 Å². The number of rotatable bonds is 4. The minimum Gasteiger partial charge on any atom is -0.289 e. The van der Waals surface area contributed by atoms with E-state index in [1.54, 1.807) is 68.0 Å². The fourth-order valence-electron chi connectivity index (χ4n) is 11.2. The third kappa shape index (κ3) is 6.50. The third-order valence-corrected chi connectivity index (χ3v) is 24.3. The van der Waals surface area contributed by atoms with E-state index in [0.717, 1.165) is 125 Å². The first-order chi connectivity index (χ1) is 35.7. The van der Waals surface area contributed by atoms with Crippen molar-refractivity contribution in [3.8, 4) is 40.4 Å². The van der Waals surface area contributed by atoms with Crippen molar-refractivity contribution in [2.24, 2.45) is 0 Å². The molecule has 8 heterocycles. The van der Waals surface area contributed by atoms with E-state index in [1.165, 1.54) is 49.4 Å². The van der Waals surface area contributed by atoms with E-state index in [0.29, 0.717) is 0 Å². The van der Waals surface area contributed by atoms with Crippen LogP contribution in [0.3, 0.4) is 0 Å². The van der Waals surface area contributed by atoms with Crippen LogP contribution in [0.5, 0.6) is 0 Å². The molecule has 8 aromatic heterocycles. The molecular weight excluding hydrogens is 1070 g/mol. The lowest BCUT2D eigenvalue weighted by atomic mass is 9.99. The predicted molar refractivity (Wildman–Crippen MR) is 331 cm³/mol. The molecule has 0 saturated heterocycles. The molecule has 356 valence electrons. The maximum atomic E-state index is 13.7. The van der Waals surface area contributed by atoms with Crippen LogP contribution in [0, 0.1) is 41.5 Å². The Hall–Kier alpha value is -6.32.